The molecule has 0 aromatic rings. The summed E-state index contributed by atoms with van der Waals surface area (Å²) in [5.74, 6) is 2.62. The van der Waals surface area contributed by atoms with E-state index in [1.165, 1.54) is 12.8 Å². The van der Waals surface area contributed by atoms with E-state index in [0.717, 1.165) is 24.8 Å². The highest BCUT2D eigenvalue weighted by atomic mass is 16.1. The third-order valence-corrected chi connectivity index (χ3v) is 2.70. The van der Waals surface area contributed by atoms with Crippen LogP contribution in [0.15, 0.2) is 5.57 Å². The molecule has 88 valence electrons. The summed E-state index contributed by atoms with van der Waals surface area (Å²) in [7, 11) is 0. The highest BCUT2D eigenvalue weighted by Crippen LogP contribution is 2.18. The fourth-order valence-electron chi connectivity index (χ4n) is 1.56. The van der Waals surface area contributed by atoms with Crippen LogP contribution in [0.4, 0.5) is 0 Å². The molecule has 2 N–H and O–H groups in total. The maximum atomic E-state index is 10.3. The Morgan fingerprint density at radius 3 is 2.47 bits per heavy atom. The maximum Gasteiger partial charge on any atom is 0.123 e. The summed E-state index contributed by atoms with van der Waals surface area (Å²) in [6.07, 6.45) is 5.42. The van der Waals surface area contributed by atoms with Crippen LogP contribution in [0.5, 0.6) is 0 Å². The van der Waals surface area contributed by atoms with Crippen LogP contribution in [0.25, 0.3) is 0 Å². The lowest BCUT2D eigenvalue weighted by atomic mass is 9.92. The Bertz CT molecular complexity index is 221. The molecule has 15 heavy (non-hydrogen) atoms. The van der Waals surface area contributed by atoms with Gasteiger partial charge < -0.3 is 5.73 Å². The molecular weight excluding hydrogens is 186 g/mol. The van der Waals surface area contributed by atoms with Gasteiger partial charge in [0.15, 0.2) is 0 Å². The lowest BCUT2D eigenvalue weighted by molar-refractivity contribution is 0.401. The monoisotopic (exact) mass is 211 g/mol. The molecule has 0 radical (unpaired) electrons. The zero-order chi connectivity index (χ0) is 11.9. The first-order chi connectivity index (χ1) is 6.85. The highest BCUT2D eigenvalue weighted by molar-refractivity contribution is 5.50. The van der Waals surface area contributed by atoms with Gasteiger partial charge in [-0.1, -0.05) is 19.8 Å². The second-order valence-electron chi connectivity index (χ2n) is 5.41. The van der Waals surface area contributed by atoms with Gasteiger partial charge in [0.25, 0.3) is 0 Å². The van der Waals surface area contributed by atoms with Crippen molar-refractivity contribution in [3.63, 3.8) is 0 Å². The van der Waals surface area contributed by atoms with E-state index in [2.05, 4.69) is 20.8 Å². The van der Waals surface area contributed by atoms with Crippen molar-refractivity contribution in [2.45, 2.75) is 65.3 Å². The van der Waals surface area contributed by atoms with E-state index in [4.69, 9.17) is 5.73 Å². The fourth-order valence-corrected chi connectivity index (χ4v) is 1.56. The maximum absolute atomic E-state index is 10.3. The summed E-state index contributed by atoms with van der Waals surface area (Å²) in [6.45, 7) is 8.22. The third kappa shape index (κ3) is 9.71. The van der Waals surface area contributed by atoms with E-state index in [0.29, 0.717) is 5.92 Å². The molecule has 0 spiro atoms. The minimum atomic E-state index is -0.0433. The quantitative estimate of drug-likeness (QED) is 0.658. The number of rotatable bonds is 7. The predicted octanol–water partition coefficient (Wildman–Crippen LogP) is 3.09. The SMILES string of the molecule is CC(=C=O)CCC(C)CCCC(C)(C)N. The van der Waals surface area contributed by atoms with E-state index in [1.54, 1.807) is 0 Å². The summed E-state index contributed by atoms with van der Waals surface area (Å²) in [5, 5.41) is 0. The minimum Gasteiger partial charge on any atom is -0.326 e. The second-order valence-corrected chi connectivity index (χ2v) is 5.41. The van der Waals surface area contributed by atoms with E-state index < -0.39 is 0 Å². The summed E-state index contributed by atoms with van der Waals surface area (Å²) < 4.78 is 0. The Hall–Kier alpha value is -0.590. The Balaban J connectivity index is 3.58. The van der Waals surface area contributed by atoms with Gasteiger partial charge >= 0.3 is 0 Å². The molecule has 1 atom stereocenters. The van der Waals surface area contributed by atoms with E-state index in [9.17, 15) is 4.79 Å². The van der Waals surface area contributed by atoms with Gasteiger partial charge in [0, 0.05) is 11.1 Å². The number of nitrogens with two attached hydrogens (primary N) is 1. The highest BCUT2D eigenvalue weighted by Gasteiger charge is 2.11. The molecule has 0 aliphatic rings. The van der Waals surface area contributed by atoms with Crippen molar-refractivity contribution in [1.82, 2.24) is 0 Å². The van der Waals surface area contributed by atoms with Gasteiger partial charge in [-0.15, -0.1) is 0 Å². The van der Waals surface area contributed by atoms with Crippen LogP contribution in [0.2, 0.25) is 0 Å². The molecule has 0 aliphatic heterocycles. The van der Waals surface area contributed by atoms with Gasteiger partial charge in [0.1, 0.15) is 5.94 Å². The van der Waals surface area contributed by atoms with Crippen LogP contribution in [-0.4, -0.2) is 11.5 Å². The molecule has 2 heteroatoms. The van der Waals surface area contributed by atoms with Crippen molar-refractivity contribution in [2.75, 3.05) is 0 Å². The van der Waals surface area contributed by atoms with Crippen LogP contribution in [0, 0.1) is 5.92 Å². The Kier molecular flexibility index (Phi) is 6.55. The number of hydrogen-bond acceptors (Lipinski definition) is 2. The summed E-state index contributed by atoms with van der Waals surface area (Å²) in [5.41, 5.74) is 6.70. The molecule has 0 aromatic heterocycles. The molecule has 0 fully saturated rings. The van der Waals surface area contributed by atoms with Gasteiger partial charge in [-0.25, -0.2) is 4.79 Å². The van der Waals surface area contributed by atoms with Crippen LogP contribution in [-0.2, 0) is 4.79 Å². The molecule has 0 heterocycles. The van der Waals surface area contributed by atoms with Gasteiger partial charge in [0.05, 0.1) is 0 Å². The van der Waals surface area contributed by atoms with Crippen LogP contribution >= 0.6 is 0 Å². The van der Waals surface area contributed by atoms with Crippen molar-refractivity contribution in [2.24, 2.45) is 11.7 Å². The summed E-state index contributed by atoms with van der Waals surface area (Å²) in [4.78, 5) is 10.3. The largest absolute Gasteiger partial charge is 0.326 e. The van der Waals surface area contributed by atoms with E-state index in [-0.39, 0.29) is 5.54 Å². The van der Waals surface area contributed by atoms with Gasteiger partial charge in [0.2, 0.25) is 0 Å². The minimum absolute atomic E-state index is 0.0433. The zero-order valence-corrected chi connectivity index (χ0v) is 10.6. The molecule has 1 unspecified atom stereocenters. The van der Waals surface area contributed by atoms with Crippen molar-refractivity contribution in [3.8, 4) is 0 Å². The normalized spacial score (nSPS) is 13.4. The number of allylic oxidation sites excluding steroid dienone is 1. The lowest BCUT2D eigenvalue weighted by Gasteiger charge is -2.19. The Morgan fingerprint density at radius 1 is 1.40 bits per heavy atom. The van der Waals surface area contributed by atoms with Gasteiger partial charge in [-0.3, -0.25) is 0 Å². The van der Waals surface area contributed by atoms with Crippen molar-refractivity contribution >= 4 is 5.94 Å². The topological polar surface area (TPSA) is 43.1 Å². The van der Waals surface area contributed by atoms with Crippen LogP contribution in [0.1, 0.15) is 59.8 Å². The number of hydrogen-bond donors (Lipinski definition) is 1. The molecule has 0 bridgehead atoms. The first-order valence-corrected chi connectivity index (χ1v) is 5.84. The van der Waals surface area contributed by atoms with Gasteiger partial charge in [-0.2, -0.15) is 0 Å². The standard InChI is InChI=1S/C13H25NO/c1-11(7-8-12(2)10-15)6-5-9-13(3,4)14/h11H,5-9,14H2,1-4H3. The zero-order valence-electron chi connectivity index (χ0n) is 10.6. The number of carbonyl (C=O) groups excluding carboxylic acids is 1. The molecular formula is C13H25NO. The second kappa shape index (κ2) is 6.81. The van der Waals surface area contributed by atoms with E-state index >= 15 is 0 Å². The summed E-state index contributed by atoms with van der Waals surface area (Å²) in [6, 6.07) is 0. The smallest absolute Gasteiger partial charge is 0.123 e. The molecule has 0 saturated heterocycles. The first-order valence-electron chi connectivity index (χ1n) is 5.84. The lowest BCUT2D eigenvalue weighted by Crippen LogP contribution is -2.31. The van der Waals surface area contributed by atoms with Crippen molar-refractivity contribution < 1.29 is 4.79 Å². The molecule has 0 aliphatic carbocycles. The third-order valence-electron chi connectivity index (χ3n) is 2.70. The predicted molar refractivity (Wildman–Crippen MR) is 65.4 cm³/mol. The molecule has 0 rings (SSSR count). The van der Waals surface area contributed by atoms with Crippen molar-refractivity contribution in [3.05, 3.63) is 5.57 Å². The van der Waals surface area contributed by atoms with Gasteiger partial charge in [-0.05, 0) is 46.0 Å². The van der Waals surface area contributed by atoms with Crippen LogP contribution in [0.3, 0.4) is 0 Å². The molecule has 0 aromatic carbocycles. The Labute approximate surface area is 93.9 Å². The Morgan fingerprint density at radius 2 is 2.00 bits per heavy atom. The molecule has 2 nitrogen and oxygen atoms in total. The average molecular weight is 211 g/mol. The van der Waals surface area contributed by atoms with E-state index in [1.807, 2.05) is 12.9 Å². The van der Waals surface area contributed by atoms with Crippen molar-refractivity contribution in [1.29, 1.82) is 0 Å². The average Bonchev–Trinajstić information content (AvgIpc) is 2.12. The molecule has 0 saturated carbocycles. The van der Waals surface area contributed by atoms with Crippen LogP contribution < -0.4 is 5.73 Å². The fraction of sp³-hybridized carbons (Fsp3) is 0.846. The molecule has 0 amide bonds. The first kappa shape index (κ1) is 14.4. The summed E-state index contributed by atoms with van der Waals surface area (Å²) >= 11 is 0.